The van der Waals surface area contributed by atoms with Gasteiger partial charge in [0.25, 0.3) is 0 Å². The smallest absolute Gasteiger partial charge is 0.241 e. The molecular weight excluding hydrogens is 226 g/mol. The zero-order valence-corrected chi connectivity index (χ0v) is 12.4. The average molecular weight is 255 g/mol. The fraction of sp³-hybridized carbons (Fsp3) is 0.929. The second kappa shape index (κ2) is 7.74. The van der Waals surface area contributed by atoms with E-state index in [1.165, 1.54) is 0 Å². The van der Waals surface area contributed by atoms with Crippen LogP contribution < -0.4 is 5.32 Å². The Morgan fingerprint density at radius 3 is 2.56 bits per heavy atom. The van der Waals surface area contributed by atoms with Gasteiger partial charge in [-0.1, -0.05) is 20.3 Å². The Balaban J connectivity index is 2.41. The summed E-state index contributed by atoms with van der Waals surface area (Å²) < 4.78 is 0. The first-order chi connectivity index (χ1) is 8.60. The van der Waals surface area contributed by atoms with Crippen LogP contribution in [0.1, 0.15) is 46.0 Å². The summed E-state index contributed by atoms with van der Waals surface area (Å²) in [5.41, 5.74) is 0. The molecule has 18 heavy (non-hydrogen) atoms. The van der Waals surface area contributed by atoms with Gasteiger partial charge >= 0.3 is 0 Å². The topological polar surface area (TPSA) is 35.6 Å². The quantitative estimate of drug-likeness (QED) is 0.670. The molecule has 0 aliphatic carbocycles. The van der Waals surface area contributed by atoms with Gasteiger partial charge in [-0.3, -0.25) is 10.1 Å². The lowest BCUT2D eigenvalue weighted by Crippen LogP contribution is -2.38. The second-order valence-electron chi connectivity index (χ2n) is 5.47. The Hall–Kier alpha value is -0.610. The zero-order valence-electron chi connectivity index (χ0n) is 12.4. The number of hydrogen-bond donors (Lipinski definition) is 1. The molecule has 0 saturated carbocycles. The van der Waals surface area contributed by atoms with Crippen molar-refractivity contribution in [1.29, 1.82) is 0 Å². The van der Waals surface area contributed by atoms with E-state index in [1.54, 1.807) is 0 Å². The number of unbranched alkanes of at least 4 members (excludes halogenated alkanes) is 1. The summed E-state index contributed by atoms with van der Waals surface area (Å²) >= 11 is 0. The first kappa shape index (κ1) is 15.4. The van der Waals surface area contributed by atoms with Crippen LogP contribution in [0.2, 0.25) is 0 Å². The second-order valence-corrected chi connectivity index (χ2v) is 5.47. The lowest BCUT2D eigenvalue weighted by molar-refractivity contribution is -0.130. The van der Waals surface area contributed by atoms with Gasteiger partial charge < -0.3 is 9.80 Å². The van der Waals surface area contributed by atoms with Gasteiger partial charge in [0.2, 0.25) is 5.91 Å². The van der Waals surface area contributed by atoms with Crippen LogP contribution in [0.25, 0.3) is 0 Å². The fourth-order valence-electron chi connectivity index (χ4n) is 2.53. The summed E-state index contributed by atoms with van der Waals surface area (Å²) in [4.78, 5) is 16.5. The highest BCUT2D eigenvalue weighted by molar-refractivity contribution is 5.84. The summed E-state index contributed by atoms with van der Waals surface area (Å²) in [5, 5.41) is 3.46. The van der Waals surface area contributed by atoms with Crippen molar-refractivity contribution in [3.05, 3.63) is 0 Å². The van der Waals surface area contributed by atoms with Crippen molar-refractivity contribution in [2.75, 3.05) is 27.2 Å². The average Bonchev–Trinajstić information content (AvgIpc) is 2.62. The highest BCUT2D eigenvalue weighted by Gasteiger charge is 2.36. The van der Waals surface area contributed by atoms with Gasteiger partial charge in [-0.25, -0.2) is 0 Å². The predicted molar refractivity (Wildman–Crippen MR) is 75.4 cm³/mol. The number of rotatable bonds is 8. The van der Waals surface area contributed by atoms with Crippen LogP contribution in [0, 0.1) is 0 Å². The van der Waals surface area contributed by atoms with E-state index in [-0.39, 0.29) is 12.2 Å². The molecule has 1 amide bonds. The Morgan fingerprint density at radius 2 is 2.00 bits per heavy atom. The molecule has 106 valence electrons. The van der Waals surface area contributed by atoms with Crippen LogP contribution >= 0.6 is 0 Å². The van der Waals surface area contributed by atoms with Crippen molar-refractivity contribution >= 4 is 5.91 Å². The van der Waals surface area contributed by atoms with Crippen molar-refractivity contribution < 1.29 is 4.79 Å². The van der Waals surface area contributed by atoms with E-state index in [9.17, 15) is 4.79 Å². The van der Waals surface area contributed by atoms with Crippen LogP contribution in [0.3, 0.4) is 0 Å². The molecule has 0 aromatic carbocycles. The minimum Gasteiger partial charge on any atom is -0.326 e. The normalized spacial score (nSPS) is 24.3. The summed E-state index contributed by atoms with van der Waals surface area (Å²) in [5.74, 6) is 0.306. The van der Waals surface area contributed by atoms with Crippen molar-refractivity contribution in [3.63, 3.8) is 0 Å². The Morgan fingerprint density at radius 1 is 1.28 bits per heavy atom. The molecule has 0 aromatic rings. The molecule has 0 aromatic heterocycles. The minimum atomic E-state index is 0.0513. The predicted octanol–water partition coefficient (Wildman–Crippen LogP) is 1.66. The molecule has 1 aliphatic heterocycles. The molecule has 1 fully saturated rings. The first-order valence-corrected chi connectivity index (χ1v) is 7.31. The number of carbonyl (C=O) groups excluding carboxylic acids is 1. The number of nitrogens with zero attached hydrogens (tertiary/aromatic N) is 2. The fourth-order valence-corrected chi connectivity index (χ4v) is 2.53. The Bertz CT molecular complexity index is 255. The maximum atomic E-state index is 12.2. The zero-order chi connectivity index (χ0) is 13.5. The number of hydrogen-bond acceptors (Lipinski definition) is 3. The molecule has 1 rings (SSSR count). The van der Waals surface area contributed by atoms with Crippen LogP contribution in [-0.2, 0) is 4.79 Å². The summed E-state index contributed by atoms with van der Waals surface area (Å²) in [7, 11) is 4.19. The number of amides is 1. The summed E-state index contributed by atoms with van der Waals surface area (Å²) in [6.45, 7) is 6.26. The highest BCUT2D eigenvalue weighted by Crippen LogP contribution is 2.17. The van der Waals surface area contributed by atoms with Gasteiger partial charge in [0.05, 0.1) is 12.2 Å². The van der Waals surface area contributed by atoms with Gasteiger partial charge in [-0.05, 0) is 46.3 Å². The lowest BCUT2D eigenvalue weighted by Gasteiger charge is -2.24. The van der Waals surface area contributed by atoms with Crippen LogP contribution in [0.15, 0.2) is 0 Å². The first-order valence-electron chi connectivity index (χ1n) is 7.31. The van der Waals surface area contributed by atoms with Crippen molar-refractivity contribution in [2.24, 2.45) is 0 Å². The summed E-state index contributed by atoms with van der Waals surface area (Å²) in [6, 6.07) is 0.0513. The van der Waals surface area contributed by atoms with E-state index in [0.29, 0.717) is 5.91 Å². The van der Waals surface area contributed by atoms with E-state index < -0.39 is 0 Å². The third kappa shape index (κ3) is 4.25. The van der Waals surface area contributed by atoms with Gasteiger partial charge in [0, 0.05) is 6.54 Å². The molecule has 0 radical (unpaired) electrons. The standard InChI is InChI=1S/C14H29N3O/c1-5-9-13-15-12(6-2)14(18)17(13)11-8-7-10-16(3)4/h12-13,15H,5-11H2,1-4H3. The molecular formula is C14H29N3O. The molecule has 0 bridgehead atoms. The Labute approximate surface area is 112 Å². The highest BCUT2D eigenvalue weighted by atomic mass is 16.2. The molecule has 4 nitrogen and oxygen atoms in total. The van der Waals surface area contributed by atoms with Gasteiger partial charge in [-0.15, -0.1) is 0 Å². The van der Waals surface area contributed by atoms with E-state index in [2.05, 4.69) is 43.1 Å². The maximum Gasteiger partial charge on any atom is 0.241 e. The van der Waals surface area contributed by atoms with Crippen molar-refractivity contribution in [1.82, 2.24) is 15.1 Å². The molecule has 1 heterocycles. The maximum absolute atomic E-state index is 12.2. The molecule has 1 aliphatic rings. The molecule has 0 spiro atoms. The monoisotopic (exact) mass is 255 g/mol. The third-order valence-corrected chi connectivity index (χ3v) is 3.58. The molecule has 2 atom stereocenters. The van der Waals surface area contributed by atoms with E-state index in [4.69, 9.17) is 0 Å². The van der Waals surface area contributed by atoms with Crippen LogP contribution in [-0.4, -0.2) is 55.1 Å². The van der Waals surface area contributed by atoms with Gasteiger partial charge in [0.1, 0.15) is 0 Å². The van der Waals surface area contributed by atoms with E-state index in [0.717, 1.165) is 45.2 Å². The van der Waals surface area contributed by atoms with Gasteiger partial charge in [0.15, 0.2) is 0 Å². The summed E-state index contributed by atoms with van der Waals surface area (Å²) in [6.07, 6.45) is 5.61. The molecule has 4 heteroatoms. The minimum absolute atomic E-state index is 0.0513. The van der Waals surface area contributed by atoms with E-state index in [1.807, 2.05) is 0 Å². The number of carbonyl (C=O) groups is 1. The lowest BCUT2D eigenvalue weighted by atomic mass is 10.2. The van der Waals surface area contributed by atoms with Gasteiger partial charge in [-0.2, -0.15) is 0 Å². The van der Waals surface area contributed by atoms with Crippen LogP contribution in [0.5, 0.6) is 0 Å². The molecule has 1 N–H and O–H groups in total. The SMILES string of the molecule is CCCC1NC(CC)C(=O)N1CCCCN(C)C. The Kier molecular flexibility index (Phi) is 6.65. The molecule has 1 saturated heterocycles. The number of nitrogens with one attached hydrogen (secondary N) is 1. The molecule has 2 unspecified atom stereocenters. The largest absolute Gasteiger partial charge is 0.326 e. The van der Waals surface area contributed by atoms with Crippen molar-refractivity contribution in [2.45, 2.75) is 58.2 Å². The van der Waals surface area contributed by atoms with E-state index >= 15 is 0 Å². The van der Waals surface area contributed by atoms with Crippen LogP contribution in [0.4, 0.5) is 0 Å². The van der Waals surface area contributed by atoms with Crippen molar-refractivity contribution in [3.8, 4) is 0 Å². The third-order valence-electron chi connectivity index (χ3n) is 3.58.